The van der Waals surface area contributed by atoms with Gasteiger partial charge in [-0.2, -0.15) is 35.1 Å². The highest BCUT2D eigenvalue weighted by Crippen LogP contribution is 2.41. The number of rotatable bonds is 28. The average molecular weight is 1020 g/mol. The monoisotopic (exact) mass is 1020 g/mol. The molecule has 0 aliphatic rings. The van der Waals surface area contributed by atoms with Crippen LogP contribution < -0.4 is 18.3 Å². The molecule has 366 valence electrons. The summed E-state index contributed by atoms with van der Waals surface area (Å²) in [7, 11) is -7.95. The van der Waals surface area contributed by atoms with Gasteiger partial charge in [0.05, 0.1) is 31.0 Å². The summed E-state index contributed by atoms with van der Waals surface area (Å²) >= 11 is 7.31. The summed E-state index contributed by atoms with van der Waals surface area (Å²) in [6.45, 7) is 26.0. The zero-order valence-electron chi connectivity index (χ0n) is 41.2. The van der Waals surface area contributed by atoms with E-state index in [1.807, 2.05) is 22.7 Å². The topological polar surface area (TPSA) is 124 Å². The van der Waals surface area contributed by atoms with Crippen molar-refractivity contribution >= 4 is 65.6 Å². The first-order chi connectivity index (χ1) is 31.2. The molecule has 0 saturated carbocycles. The Morgan fingerprint density at radius 3 is 1.05 bits per heavy atom. The summed E-state index contributed by atoms with van der Waals surface area (Å²) < 4.78 is 73.1. The first-order valence-corrected chi connectivity index (χ1v) is 30.8. The second-order valence-electron chi connectivity index (χ2n) is 19.0. The van der Waals surface area contributed by atoms with Crippen LogP contribution in [-0.4, -0.2) is 37.4 Å². The number of nitrogens with zero attached hydrogens (tertiary/aromatic N) is 4. The van der Waals surface area contributed by atoms with Crippen molar-refractivity contribution in [2.75, 3.05) is 11.5 Å². The highest BCUT2D eigenvalue weighted by atomic mass is 32.2. The van der Waals surface area contributed by atoms with Crippen molar-refractivity contribution in [1.82, 2.24) is 0 Å². The SMILES string of the molecule is CCC[n+]1csc(C(C)CC(CCC(C)c2sc[n+](CCCS(=O)(=O)O)c2C)c2ccc(C(CCC(C)c3sc[n+](CCCS(=O)(=O)O)c3C)CC(C)c3sc[n+](CCC)c3C)cc2)c1C. The van der Waals surface area contributed by atoms with Crippen molar-refractivity contribution in [3.8, 4) is 0 Å². The van der Waals surface area contributed by atoms with Gasteiger partial charge in [0.1, 0.15) is 13.1 Å². The molecule has 4 aromatic heterocycles. The van der Waals surface area contributed by atoms with Gasteiger partial charge in [-0.15, -0.1) is 0 Å². The first-order valence-electron chi connectivity index (χ1n) is 24.1. The highest BCUT2D eigenvalue weighted by Gasteiger charge is 2.29. The van der Waals surface area contributed by atoms with E-state index in [0.717, 1.165) is 64.5 Å². The lowest BCUT2D eigenvalue weighted by Crippen LogP contribution is -2.35. The highest BCUT2D eigenvalue weighted by molar-refractivity contribution is 7.86. The minimum Gasteiger partial charge on any atom is -0.286 e. The summed E-state index contributed by atoms with van der Waals surface area (Å²) in [6, 6.07) is 9.73. The molecule has 2 N–H and O–H groups in total. The number of hydrogen-bond donors (Lipinski definition) is 2. The van der Waals surface area contributed by atoms with Gasteiger partial charge < -0.3 is 0 Å². The Kier molecular flexibility index (Phi) is 20.6. The van der Waals surface area contributed by atoms with Crippen LogP contribution in [0, 0.1) is 27.7 Å². The van der Waals surface area contributed by atoms with Crippen molar-refractivity contribution < 1.29 is 44.2 Å². The van der Waals surface area contributed by atoms with Gasteiger partial charge in [0.2, 0.25) is 22.0 Å². The van der Waals surface area contributed by atoms with E-state index in [9.17, 15) is 25.9 Å². The van der Waals surface area contributed by atoms with Gasteiger partial charge >= 0.3 is 0 Å². The summed E-state index contributed by atoms with van der Waals surface area (Å²) in [6.07, 6.45) is 9.36. The molecule has 16 heteroatoms. The van der Waals surface area contributed by atoms with Gasteiger partial charge in [-0.25, -0.2) is 0 Å². The number of hydrogen-bond acceptors (Lipinski definition) is 8. The quantitative estimate of drug-likeness (QED) is 0.0380. The predicted octanol–water partition coefficient (Wildman–Crippen LogP) is 11.4. The second kappa shape index (κ2) is 24.9. The fraction of sp³-hybridized carbons (Fsp3) is 0.640. The largest absolute Gasteiger partial charge is 0.286 e. The zero-order valence-corrected chi connectivity index (χ0v) is 46.1. The van der Waals surface area contributed by atoms with Gasteiger partial charge in [0.25, 0.3) is 20.2 Å². The van der Waals surface area contributed by atoms with Gasteiger partial charge in [-0.05, 0) is 85.2 Å². The Labute approximate surface area is 413 Å². The Balaban J connectivity index is 1.39. The molecule has 0 fully saturated rings. The maximum absolute atomic E-state index is 11.4. The van der Waals surface area contributed by atoms with E-state index in [1.54, 1.807) is 22.7 Å². The average Bonchev–Trinajstić information content (AvgIpc) is 4.03. The van der Waals surface area contributed by atoms with Crippen molar-refractivity contribution in [3.63, 3.8) is 0 Å². The molecule has 6 atom stereocenters. The molecule has 66 heavy (non-hydrogen) atoms. The smallest absolute Gasteiger partial charge is 0.265 e. The molecule has 0 aliphatic carbocycles. The van der Waals surface area contributed by atoms with Gasteiger partial charge in [-0.3, -0.25) is 9.11 Å². The first kappa shape index (κ1) is 54.5. The Bertz CT molecular complexity index is 2350. The van der Waals surface area contributed by atoms with E-state index >= 15 is 0 Å². The Morgan fingerprint density at radius 2 is 0.758 bits per heavy atom. The number of aryl methyl sites for hydroxylation is 4. The van der Waals surface area contributed by atoms with Gasteiger partial charge in [0, 0.05) is 53.4 Å². The van der Waals surface area contributed by atoms with Gasteiger partial charge in [-0.1, -0.05) is 111 Å². The van der Waals surface area contributed by atoms with Crippen LogP contribution >= 0.6 is 45.3 Å². The minimum absolute atomic E-state index is 0.228. The Morgan fingerprint density at radius 1 is 0.470 bits per heavy atom. The van der Waals surface area contributed by atoms with Crippen molar-refractivity contribution in [2.45, 2.75) is 195 Å². The molecule has 6 unspecified atom stereocenters. The minimum atomic E-state index is -3.98. The summed E-state index contributed by atoms with van der Waals surface area (Å²) in [5.41, 5.74) is 16.8. The third-order valence-corrected chi connectivity index (χ3v) is 20.6. The molecule has 0 amide bonds. The van der Waals surface area contributed by atoms with Crippen LogP contribution in [0.15, 0.2) is 46.3 Å². The molecule has 4 heterocycles. The normalized spacial score (nSPS) is 15.2. The molecule has 0 spiro atoms. The van der Waals surface area contributed by atoms with Crippen LogP contribution in [0.25, 0.3) is 0 Å². The lowest BCUT2D eigenvalue weighted by molar-refractivity contribution is -0.698. The third kappa shape index (κ3) is 15.3. The summed E-state index contributed by atoms with van der Waals surface area (Å²) in [4.78, 5) is 5.65. The fourth-order valence-electron chi connectivity index (χ4n) is 9.91. The molecule has 1 aromatic carbocycles. The van der Waals surface area contributed by atoms with Crippen LogP contribution in [0.5, 0.6) is 0 Å². The fourth-order valence-corrected chi connectivity index (χ4v) is 15.4. The zero-order chi connectivity index (χ0) is 48.3. The maximum Gasteiger partial charge on any atom is 0.265 e. The van der Waals surface area contributed by atoms with Gasteiger partial charge in [0.15, 0.2) is 35.9 Å². The number of aromatic nitrogens is 4. The standard InChI is InChI=1S/C50H76N4O6S6/c1-11-23-51-31-63-49(41(51)9)37(5)29-45(17-15-35(3)47-39(7)53(33-61-47)25-13-27-65(55,56)57)43-19-21-44(22-20-43)46(30-38(6)50-42(10)52(24-12-2)32-64-50)18-16-36(4)48-40(8)54(34-62-48)26-14-28-66(58,59)60/h19-22,31-38,45-46H,11-18,23-30H2,1-10H3/q+2/p+2. The van der Waals surface area contributed by atoms with Crippen LogP contribution in [-0.2, 0) is 46.4 Å². The molecular weight excluding hydrogens is 945 g/mol. The van der Waals surface area contributed by atoms with Crippen molar-refractivity contribution in [3.05, 3.63) is 99.7 Å². The van der Waals surface area contributed by atoms with Crippen molar-refractivity contribution in [1.29, 1.82) is 0 Å². The third-order valence-electron chi connectivity index (χ3n) is 13.8. The molecular formula is C50H78N4O6S6+4. The maximum atomic E-state index is 11.4. The molecule has 0 aliphatic heterocycles. The lowest BCUT2D eigenvalue weighted by atomic mass is 9.80. The molecule has 5 rings (SSSR count). The number of benzene rings is 1. The Hall–Kier alpha value is -2.44. The van der Waals surface area contributed by atoms with E-state index in [-0.39, 0.29) is 11.5 Å². The van der Waals surface area contributed by atoms with E-state index in [1.165, 1.54) is 53.4 Å². The number of thiazole rings is 4. The summed E-state index contributed by atoms with van der Waals surface area (Å²) in [5, 5.41) is 0. The van der Waals surface area contributed by atoms with Crippen LogP contribution in [0.3, 0.4) is 0 Å². The van der Waals surface area contributed by atoms with E-state index in [4.69, 9.17) is 0 Å². The second-order valence-corrected chi connectivity index (χ2v) is 25.7. The molecule has 5 aromatic rings. The predicted molar refractivity (Wildman–Crippen MR) is 273 cm³/mol. The lowest BCUT2D eigenvalue weighted by Gasteiger charge is -2.25. The van der Waals surface area contributed by atoms with E-state index in [2.05, 4.69) is 134 Å². The molecule has 0 saturated heterocycles. The summed E-state index contributed by atoms with van der Waals surface area (Å²) in [5.74, 6) is 1.85. The van der Waals surface area contributed by atoms with E-state index in [0.29, 0.717) is 61.4 Å². The van der Waals surface area contributed by atoms with E-state index < -0.39 is 20.2 Å². The van der Waals surface area contributed by atoms with Crippen molar-refractivity contribution in [2.24, 2.45) is 0 Å². The van der Waals surface area contributed by atoms with Crippen LogP contribution in [0.1, 0.15) is 195 Å². The van der Waals surface area contributed by atoms with Crippen LogP contribution in [0.4, 0.5) is 0 Å². The molecule has 0 radical (unpaired) electrons. The molecule has 0 bridgehead atoms. The van der Waals surface area contributed by atoms with Crippen LogP contribution in [0.2, 0.25) is 0 Å². The molecule has 10 nitrogen and oxygen atoms in total.